The van der Waals surface area contributed by atoms with Crippen LogP contribution in [0.3, 0.4) is 0 Å². The van der Waals surface area contributed by atoms with Crippen LogP contribution in [0.25, 0.3) is 16.5 Å². The molecule has 0 aliphatic carbocycles. The van der Waals surface area contributed by atoms with Crippen molar-refractivity contribution in [3.05, 3.63) is 99.8 Å². The van der Waals surface area contributed by atoms with Gasteiger partial charge in [-0.2, -0.15) is 0 Å². The standard InChI is InChI=1S/C28H26N2O4/c1-4-34-28(33)19-13-15-20(16-14-19)30-26(31)23-11-6-5-10-22(23)24(27(30)32)17-29-25-12-8-7-9-21(25)18(2)3/h5-18,32H,4H2,1-3H3. The molecule has 0 aliphatic rings. The van der Waals surface area contributed by atoms with Gasteiger partial charge in [0.1, 0.15) is 0 Å². The van der Waals surface area contributed by atoms with Crippen LogP contribution in [-0.2, 0) is 4.74 Å². The number of ether oxygens (including phenoxy) is 1. The second kappa shape index (κ2) is 9.75. The van der Waals surface area contributed by atoms with Crippen molar-refractivity contribution in [3.8, 4) is 11.6 Å². The Bertz CT molecular complexity index is 1430. The topological polar surface area (TPSA) is 80.9 Å². The molecule has 0 aliphatic heterocycles. The molecule has 34 heavy (non-hydrogen) atoms. The molecule has 4 aromatic rings. The third-order valence-corrected chi connectivity index (χ3v) is 5.63. The molecular formula is C28H26N2O4. The highest BCUT2D eigenvalue weighted by molar-refractivity contribution is 6.02. The number of carbonyl (C=O) groups excluding carboxylic acids is 1. The fourth-order valence-electron chi connectivity index (χ4n) is 3.92. The number of carbonyl (C=O) groups is 1. The lowest BCUT2D eigenvalue weighted by atomic mass is 10.0. The Morgan fingerprint density at radius 3 is 2.32 bits per heavy atom. The Morgan fingerprint density at radius 1 is 1.00 bits per heavy atom. The van der Waals surface area contributed by atoms with E-state index < -0.39 is 5.97 Å². The van der Waals surface area contributed by atoms with E-state index in [1.807, 2.05) is 30.3 Å². The van der Waals surface area contributed by atoms with Gasteiger partial charge in [0.25, 0.3) is 5.56 Å². The predicted octanol–water partition coefficient (Wildman–Crippen LogP) is 5.75. The number of hydrogen-bond acceptors (Lipinski definition) is 5. The summed E-state index contributed by atoms with van der Waals surface area (Å²) in [4.78, 5) is 30.0. The zero-order chi connectivity index (χ0) is 24.2. The lowest BCUT2D eigenvalue weighted by Gasteiger charge is -2.14. The normalized spacial score (nSPS) is 11.4. The minimum atomic E-state index is -0.444. The fraction of sp³-hybridized carbons (Fsp3) is 0.179. The molecule has 3 aromatic carbocycles. The Morgan fingerprint density at radius 2 is 1.65 bits per heavy atom. The summed E-state index contributed by atoms with van der Waals surface area (Å²) < 4.78 is 6.25. The first-order valence-electron chi connectivity index (χ1n) is 11.2. The van der Waals surface area contributed by atoms with Crippen molar-refractivity contribution in [2.24, 2.45) is 4.99 Å². The quantitative estimate of drug-likeness (QED) is 0.297. The number of aromatic hydroxyl groups is 1. The summed E-state index contributed by atoms with van der Waals surface area (Å²) in [6.45, 7) is 6.21. The average molecular weight is 455 g/mol. The smallest absolute Gasteiger partial charge is 0.338 e. The lowest BCUT2D eigenvalue weighted by Crippen LogP contribution is -2.20. The van der Waals surface area contributed by atoms with Gasteiger partial charge in [-0.15, -0.1) is 0 Å². The highest BCUT2D eigenvalue weighted by Gasteiger charge is 2.17. The molecule has 0 atom stereocenters. The van der Waals surface area contributed by atoms with Crippen molar-refractivity contribution in [2.45, 2.75) is 26.7 Å². The van der Waals surface area contributed by atoms with Gasteiger partial charge in [-0.25, -0.2) is 9.36 Å². The SMILES string of the molecule is CCOC(=O)c1ccc(-n2c(O)c(C=Nc3ccccc3C(C)C)c3ccccc3c2=O)cc1. The van der Waals surface area contributed by atoms with Crippen LogP contribution in [0.2, 0.25) is 0 Å². The zero-order valence-corrected chi connectivity index (χ0v) is 19.4. The molecule has 1 N–H and O–H groups in total. The molecule has 0 bridgehead atoms. The molecular weight excluding hydrogens is 428 g/mol. The zero-order valence-electron chi connectivity index (χ0n) is 19.4. The molecule has 1 heterocycles. The molecule has 0 unspecified atom stereocenters. The Balaban J connectivity index is 1.88. The van der Waals surface area contributed by atoms with Crippen molar-refractivity contribution >= 4 is 28.6 Å². The number of fused-ring (bicyclic) bond motifs is 1. The molecule has 0 amide bonds. The number of para-hydroxylation sites is 1. The monoisotopic (exact) mass is 454 g/mol. The third-order valence-electron chi connectivity index (χ3n) is 5.63. The summed E-state index contributed by atoms with van der Waals surface area (Å²) in [5, 5.41) is 12.3. The maximum atomic E-state index is 13.3. The van der Waals surface area contributed by atoms with Crippen molar-refractivity contribution in [2.75, 3.05) is 6.61 Å². The Hall–Kier alpha value is -4.19. The highest BCUT2D eigenvalue weighted by Crippen LogP contribution is 2.29. The molecule has 0 saturated heterocycles. The third kappa shape index (κ3) is 4.35. The molecule has 6 heteroatoms. The van der Waals surface area contributed by atoms with Crippen LogP contribution in [0.4, 0.5) is 5.69 Å². The minimum absolute atomic E-state index is 0.224. The van der Waals surface area contributed by atoms with Crippen LogP contribution in [0.1, 0.15) is 48.2 Å². The first-order valence-corrected chi connectivity index (χ1v) is 11.2. The molecule has 0 spiro atoms. The number of rotatable bonds is 6. The van der Waals surface area contributed by atoms with E-state index in [-0.39, 0.29) is 24.0 Å². The van der Waals surface area contributed by atoms with Gasteiger partial charge in [0.2, 0.25) is 5.88 Å². The number of benzene rings is 3. The van der Waals surface area contributed by atoms with Gasteiger partial charge >= 0.3 is 5.97 Å². The van der Waals surface area contributed by atoms with Gasteiger partial charge in [-0.3, -0.25) is 9.79 Å². The largest absolute Gasteiger partial charge is 0.494 e. The average Bonchev–Trinajstić information content (AvgIpc) is 2.85. The van der Waals surface area contributed by atoms with Crippen LogP contribution in [0.5, 0.6) is 5.88 Å². The summed E-state index contributed by atoms with van der Waals surface area (Å²) in [5.74, 6) is -0.385. The summed E-state index contributed by atoms with van der Waals surface area (Å²) in [5.41, 5.74) is 2.76. The fourth-order valence-corrected chi connectivity index (χ4v) is 3.92. The van der Waals surface area contributed by atoms with E-state index in [9.17, 15) is 14.7 Å². The first-order chi connectivity index (χ1) is 16.4. The predicted molar refractivity (Wildman–Crippen MR) is 135 cm³/mol. The van der Waals surface area contributed by atoms with Gasteiger partial charge in [0.15, 0.2) is 0 Å². The van der Waals surface area contributed by atoms with Crippen molar-refractivity contribution in [1.82, 2.24) is 4.57 Å². The number of esters is 1. The summed E-state index contributed by atoms with van der Waals surface area (Å²) in [7, 11) is 0. The molecule has 0 radical (unpaired) electrons. The van der Waals surface area contributed by atoms with Crippen LogP contribution in [0.15, 0.2) is 82.6 Å². The van der Waals surface area contributed by atoms with E-state index in [1.54, 1.807) is 55.6 Å². The van der Waals surface area contributed by atoms with Crippen molar-refractivity contribution in [1.29, 1.82) is 0 Å². The van der Waals surface area contributed by atoms with E-state index in [0.717, 1.165) is 11.3 Å². The van der Waals surface area contributed by atoms with E-state index >= 15 is 0 Å². The molecule has 0 fully saturated rings. The van der Waals surface area contributed by atoms with Crippen molar-refractivity contribution in [3.63, 3.8) is 0 Å². The van der Waals surface area contributed by atoms with Gasteiger partial charge in [-0.05, 0) is 54.8 Å². The van der Waals surface area contributed by atoms with Crippen LogP contribution < -0.4 is 5.56 Å². The lowest BCUT2D eigenvalue weighted by molar-refractivity contribution is 0.0526. The minimum Gasteiger partial charge on any atom is -0.494 e. The van der Waals surface area contributed by atoms with Gasteiger partial charge in [-0.1, -0.05) is 50.2 Å². The molecule has 4 rings (SSSR count). The van der Waals surface area contributed by atoms with Gasteiger partial charge < -0.3 is 9.84 Å². The number of pyridine rings is 1. The van der Waals surface area contributed by atoms with E-state index in [0.29, 0.717) is 27.6 Å². The van der Waals surface area contributed by atoms with E-state index in [4.69, 9.17) is 4.74 Å². The molecule has 0 saturated carbocycles. The number of aromatic nitrogens is 1. The summed E-state index contributed by atoms with van der Waals surface area (Å²) in [6.07, 6.45) is 1.60. The molecule has 172 valence electrons. The maximum Gasteiger partial charge on any atom is 0.338 e. The number of nitrogens with zero attached hydrogens (tertiary/aromatic N) is 2. The molecule has 1 aromatic heterocycles. The second-order valence-electron chi connectivity index (χ2n) is 8.16. The van der Waals surface area contributed by atoms with Gasteiger partial charge in [0, 0.05) is 17.0 Å². The second-order valence-corrected chi connectivity index (χ2v) is 8.16. The number of aliphatic imine (C=N–C) groups is 1. The van der Waals surface area contributed by atoms with E-state index in [1.165, 1.54) is 4.57 Å². The van der Waals surface area contributed by atoms with Crippen LogP contribution in [-0.4, -0.2) is 28.5 Å². The Kier molecular flexibility index (Phi) is 6.59. The van der Waals surface area contributed by atoms with E-state index in [2.05, 4.69) is 18.8 Å². The summed E-state index contributed by atoms with van der Waals surface area (Å²) in [6, 6.07) is 21.3. The first kappa shape index (κ1) is 23.0. The van der Waals surface area contributed by atoms with Gasteiger partial charge in [0.05, 0.1) is 29.1 Å². The van der Waals surface area contributed by atoms with Crippen LogP contribution >= 0.6 is 0 Å². The highest BCUT2D eigenvalue weighted by atomic mass is 16.5. The number of hydrogen-bond donors (Lipinski definition) is 1. The maximum absolute atomic E-state index is 13.3. The Labute approximate surface area is 197 Å². The van der Waals surface area contributed by atoms with Crippen LogP contribution in [0, 0.1) is 0 Å². The molecule has 6 nitrogen and oxygen atoms in total. The van der Waals surface area contributed by atoms with Crippen molar-refractivity contribution < 1.29 is 14.6 Å². The summed E-state index contributed by atoms with van der Waals surface area (Å²) >= 11 is 0.